The van der Waals surface area contributed by atoms with E-state index >= 15 is 0 Å². The van der Waals surface area contributed by atoms with Crippen LogP contribution >= 0.6 is 12.6 Å². The van der Waals surface area contributed by atoms with Gasteiger partial charge in [0.05, 0.1) is 19.3 Å². The lowest BCUT2D eigenvalue weighted by Gasteiger charge is -2.31. The summed E-state index contributed by atoms with van der Waals surface area (Å²) in [5.74, 6) is -12.6. The lowest BCUT2D eigenvalue weighted by atomic mass is 9.98. The van der Waals surface area contributed by atoms with Crippen LogP contribution in [0.1, 0.15) is 86.0 Å². The van der Waals surface area contributed by atoms with Gasteiger partial charge in [0.25, 0.3) is 0 Å². The molecule has 0 bridgehead atoms. The van der Waals surface area contributed by atoms with Crippen LogP contribution in [0.3, 0.4) is 0 Å². The number of thiol groups is 1. The Labute approximate surface area is 392 Å². The first-order chi connectivity index (χ1) is 31.3. The van der Waals surface area contributed by atoms with Crippen molar-refractivity contribution in [3.05, 3.63) is 0 Å². The van der Waals surface area contributed by atoms with E-state index in [1.807, 2.05) is 0 Å². The number of nitrogens with one attached hydrogen (secondary N) is 7. The van der Waals surface area contributed by atoms with Crippen molar-refractivity contribution in [1.29, 1.82) is 0 Å². The van der Waals surface area contributed by atoms with Gasteiger partial charge in [-0.3, -0.25) is 47.9 Å². The highest BCUT2D eigenvalue weighted by Gasteiger charge is 2.41. The van der Waals surface area contributed by atoms with Crippen molar-refractivity contribution in [3.63, 3.8) is 0 Å². The Kier molecular flexibility index (Phi) is 25.9. The van der Waals surface area contributed by atoms with Gasteiger partial charge < -0.3 is 79.1 Å². The van der Waals surface area contributed by atoms with Gasteiger partial charge in [0.2, 0.25) is 53.2 Å². The molecule has 67 heavy (non-hydrogen) atoms. The van der Waals surface area contributed by atoms with Gasteiger partial charge in [-0.2, -0.15) is 12.6 Å². The highest BCUT2D eigenvalue weighted by atomic mass is 32.1. The first kappa shape index (κ1) is 59.4. The summed E-state index contributed by atoms with van der Waals surface area (Å²) in [6.45, 7) is 5.97. The molecule has 1 rings (SSSR count). The Bertz CT molecular complexity index is 1770. The van der Waals surface area contributed by atoms with Crippen molar-refractivity contribution in [1.82, 2.24) is 42.1 Å². The first-order valence-corrected chi connectivity index (χ1v) is 22.4. The van der Waals surface area contributed by atoms with Crippen molar-refractivity contribution in [2.75, 3.05) is 25.5 Å². The summed E-state index contributed by atoms with van der Waals surface area (Å²) in [5, 5.41) is 65.1. The zero-order valence-electron chi connectivity index (χ0n) is 38.2. The number of likely N-dealkylation sites (tertiary alicyclic amines) is 1. The van der Waals surface area contributed by atoms with E-state index in [1.54, 1.807) is 27.7 Å². The van der Waals surface area contributed by atoms with Crippen LogP contribution in [0.2, 0.25) is 0 Å². The Hall–Kier alpha value is -5.64. The van der Waals surface area contributed by atoms with Crippen molar-refractivity contribution in [2.24, 2.45) is 23.3 Å². The largest absolute Gasteiger partial charge is 0.481 e. The van der Waals surface area contributed by atoms with E-state index in [9.17, 15) is 78.3 Å². The van der Waals surface area contributed by atoms with E-state index in [0.717, 1.165) is 4.90 Å². The van der Waals surface area contributed by atoms with E-state index < -0.39 is 170 Å². The van der Waals surface area contributed by atoms with Crippen molar-refractivity contribution >= 4 is 77.7 Å². The summed E-state index contributed by atoms with van der Waals surface area (Å²) in [7, 11) is 0. The molecule has 380 valence electrons. The standard InChI is InChI=1S/C40H68N10O16S/c1-6-19(4)30(40(65)66)48-38(63)31(20(5)53)49-37(62)27-8-7-13-50(27)39(64)23(9-11-28(42)54)44-35(60)25(16-52)46-33(58)22(10-12-29(55)56)43-34(59)24(14-18(2)3)45-36(61)26(17-67)47-32(57)21(41)15-51/h18-27,30-31,51-53,67H,6-17,41H2,1-5H3,(H2,42,54)(H,43,59)(H,44,60)(H,45,61)(H,46,58)(H,47,57)(H,48,63)(H,49,62)(H,55,56)(H,65,66)/t19-,20+,21-,22-,23-,24-,25-,26-,27-,30-,31-/m0/s1. The van der Waals surface area contributed by atoms with Crippen LogP contribution < -0.4 is 48.7 Å². The fraction of sp³-hybridized carbons (Fsp3) is 0.725. The molecule has 1 heterocycles. The number of primary amides is 1. The Morgan fingerprint density at radius 1 is 0.672 bits per heavy atom. The highest BCUT2D eigenvalue weighted by molar-refractivity contribution is 7.80. The molecule has 0 aromatic heterocycles. The molecule has 0 aromatic carbocycles. The SMILES string of the molecule is CC[C@H](C)[C@H](NC(=O)[C@@H](NC(=O)[C@@H]1CCCN1C(=O)[C@H](CCC(N)=O)NC(=O)[C@H](CO)NC(=O)[C@H](CCC(=O)O)NC(=O)[C@H](CC(C)C)NC(=O)[C@H](CS)NC(=O)[C@@H](N)CO)[C@@H](C)O)C(=O)O. The first-order valence-electron chi connectivity index (χ1n) is 21.8. The number of carbonyl (C=O) groups is 11. The minimum atomic E-state index is -1.87. The summed E-state index contributed by atoms with van der Waals surface area (Å²) in [4.78, 5) is 143. The number of aliphatic hydroxyl groups is 3. The quantitative estimate of drug-likeness (QED) is 0.0298. The van der Waals surface area contributed by atoms with Gasteiger partial charge in [-0.1, -0.05) is 34.1 Å². The number of carbonyl (C=O) groups excluding carboxylic acids is 9. The fourth-order valence-corrected chi connectivity index (χ4v) is 6.96. The molecule has 26 nitrogen and oxygen atoms in total. The molecule has 0 aliphatic carbocycles. The van der Waals surface area contributed by atoms with E-state index in [-0.39, 0.29) is 37.5 Å². The van der Waals surface area contributed by atoms with E-state index in [4.69, 9.17) is 11.5 Å². The third-order valence-electron chi connectivity index (χ3n) is 10.8. The Morgan fingerprint density at radius 2 is 1.19 bits per heavy atom. The molecule has 16 N–H and O–H groups in total. The van der Waals surface area contributed by atoms with Crippen molar-refractivity contribution < 1.29 is 78.3 Å². The predicted octanol–water partition coefficient (Wildman–Crippen LogP) is -5.70. The molecule has 0 radical (unpaired) electrons. The summed E-state index contributed by atoms with van der Waals surface area (Å²) < 4.78 is 0. The number of nitrogens with two attached hydrogens (primary N) is 2. The second kappa shape index (κ2) is 29.2. The monoisotopic (exact) mass is 976 g/mol. The summed E-state index contributed by atoms with van der Waals surface area (Å²) in [6, 6.07) is -13.5. The van der Waals surface area contributed by atoms with Gasteiger partial charge in [-0.15, -0.1) is 0 Å². The molecule has 1 saturated heterocycles. The summed E-state index contributed by atoms with van der Waals surface area (Å²) in [6.07, 6.45) is -3.05. The molecule has 1 aliphatic heterocycles. The maximum Gasteiger partial charge on any atom is 0.326 e. The number of carboxylic acids is 2. The lowest BCUT2D eigenvalue weighted by molar-refractivity contribution is -0.145. The molecule has 1 fully saturated rings. The fourth-order valence-electron chi connectivity index (χ4n) is 6.71. The van der Waals surface area contributed by atoms with Gasteiger partial charge >= 0.3 is 11.9 Å². The molecule has 1 aliphatic rings. The molecule has 27 heteroatoms. The van der Waals surface area contributed by atoms with Crippen LogP contribution in [0.4, 0.5) is 0 Å². The zero-order chi connectivity index (χ0) is 51.3. The third kappa shape index (κ3) is 19.6. The second-order valence-electron chi connectivity index (χ2n) is 16.7. The van der Waals surface area contributed by atoms with Gasteiger partial charge in [0.15, 0.2) is 0 Å². The van der Waals surface area contributed by atoms with Gasteiger partial charge in [-0.25, -0.2) is 4.79 Å². The molecule has 11 atom stereocenters. The molecule has 0 saturated carbocycles. The maximum absolute atomic E-state index is 14.0. The van der Waals surface area contributed by atoms with Crippen LogP contribution in [0.5, 0.6) is 0 Å². The van der Waals surface area contributed by atoms with Gasteiger partial charge in [0, 0.05) is 25.1 Å². The number of rotatable bonds is 30. The maximum atomic E-state index is 14.0. The molecular formula is C40H68N10O16S. The lowest BCUT2D eigenvalue weighted by Crippen LogP contribution is -2.61. The third-order valence-corrected chi connectivity index (χ3v) is 11.1. The number of hydrogen-bond donors (Lipinski definition) is 15. The number of nitrogens with zero attached hydrogens (tertiary/aromatic N) is 1. The minimum Gasteiger partial charge on any atom is -0.481 e. The van der Waals surface area contributed by atoms with Crippen LogP contribution in [0.15, 0.2) is 0 Å². The van der Waals surface area contributed by atoms with E-state index in [1.165, 1.54) is 6.92 Å². The van der Waals surface area contributed by atoms with Crippen LogP contribution in [0, 0.1) is 11.8 Å². The van der Waals surface area contributed by atoms with E-state index in [0.29, 0.717) is 6.42 Å². The summed E-state index contributed by atoms with van der Waals surface area (Å²) >= 11 is 4.06. The zero-order valence-corrected chi connectivity index (χ0v) is 39.1. The van der Waals surface area contributed by atoms with Gasteiger partial charge in [-0.05, 0) is 50.9 Å². The van der Waals surface area contributed by atoms with Crippen LogP contribution in [-0.4, -0.2) is 182 Å². The van der Waals surface area contributed by atoms with Gasteiger partial charge in [0.1, 0.15) is 54.4 Å². The Morgan fingerprint density at radius 3 is 1.70 bits per heavy atom. The Balaban J connectivity index is 3.34. The topological polar surface area (TPSA) is 428 Å². The molecule has 0 unspecified atom stereocenters. The van der Waals surface area contributed by atoms with E-state index in [2.05, 4.69) is 49.8 Å². The normalized spacial score (nSPS) is 18.0. The van der Waals surface area contributed by atoms with Crippen LogP contribution in [-0.2, 0) is 52.7 Å². The van der Waals surface area contributed by atoms with Crippen molar-refractivity contribution in [3.8, 4) is 0 Å². The second-order valence-corrected chi connectivity index (χ2v) is 17.0. The average Bonchev–Trinajstić information content (AvgIpc) is 3.76. The number of amides is 9. The number of carboxylic acid groups (broad SMARTS) is 2. The molecular weight excluding hydrogens is 909 g/mol. The molecule has 0 aromatic rings. The van der Waals surface area contributed by atoms with Crippen molar-refractivity contribution in [2.45, 2.75) is 146 Å². The van der Waals surface area contributed by atoms with Crippen LogP contribution in [0.25, 0.3) is 0 Å². The minimum absolute atomic E-state index is 0.0295. The number of aliphatic hydroxyl groups excluding tert-OH is 3. The number of aliphatic carboxylic acids is 2. The molecule has 0 spiro atoms. The smallest absolute Gasteiger partial charge is 0.326 e. The highest BCUT2D eigenvalue weighted by Crippen LogP contribution is 2.21. The number of hydrogen-bond acceptors (Lipinski definition) is 16. The predicted molar refractivity (Wildman–Crippen MR) is 238 cm³/mol. The molecule has 9 amide bonds. The summed E-state index contributed by atoms with van der Waals surface area (Å²) in [5.41, 5.74) is 10.8. The average molecular weight is 977 g/mol.